The van der Waals surface area contributed by atoms with Crippen molar-refractivity contribution in [3.05, 3.63) is 34.3 Å². The van der Waals surface area contributed by atoms with Crippen molar-refractivity contribution >= 4 is 11.8 Å². The predicted molar refractivity (Wildman–Crippen MR) is 153 cm³/mol. The molecule has 1 aliphatic carbocycles. The fraction of sp³-hybridized carbons (Fsp3) is 0.750. The molecule has 0 radical (unpaired) electrons. The number of hydrogen-bond donors (Lipinski definition) is 0. The van der Waals surface area contributed by atoms with E-state index in [4.69, 9.17) is 18.9 Å². The lowest BCUT2D eigenvalue weighted by Crippen LogP contribution is -2.46. The first-order valence-electron chi connectivity index (χ1n) is 14.4. The van der Waals surface area contributed by atoms with E-state index in [0.29, 0.717) is 17.6 Å². The van der Waals surface area contributed by atoms with Crippen LogP contribution in [0.5, 0.6) is 0 Å². The van der Waals surface area contributed by atoms with Crippen LogP contribution in [0.2, 0.25) is 0 Å². The fourth-order valence-electron chi connectivity index (χ4n) is 5.29. The highest BCUT2D eigenvalue weighted by molar-refractivity contribution is 6.09. The van der Waals surface area contributed by atoms with Gasteiger partial charge in [0, 0.05) is 25.2 Å². The van der Waals surface area contributed by atoms with Crippen LogP contribution in [-0.2, 0) is 28.5 Å². The van der Waals surface area contributed by atoms with E-state index in [1.807, 2.05) is 0 Å². The second-order valence-electron chi connectivity index (χ2n) is 11.5. The van der Waals surface area contributed by atoms with Crippen molar-refractivity contribution in [3.63, 3.8) is 0 Å². The van der Waals surface area contributed by atoms with Crippen molar-refractivity contribution in [1.82, 2.24) is 0 Å². The standard InChI is InChI=1S/C32H54O6/c1-22(2)14-11-15-23(3)16-12-17-24(4)18-13-19-25(5)20-21-28-26(6)32(37-10,38-27(7)33)31(36-9)30(35-8)29(28)34/h20,22-24H,11-19,21H2,1-10H3/b25-20+. The minimum atomic E-state index is -1.63. The number of carbonyl (C=O) groups is 2. The summed E-state index contributed by atoms with van der Waals surface area (Å²) in [6.07, 6.45) is 13.8. The van der Waals surface area contributed by atoms with Crippen molar-refractivity contribution in [3.8, 4) is 0 Å². The Bertz CT molecular complexity index is 865. The molecule has 1 aliphatic rings. The number of ether oxygens (including phenoxy) is 4. The van der Waals surface area contributed by atoms with Gasteiger partial charge in [-0.15, -0.1) is 0 Å². The third kappa shape index (κ3) is 9.91. The SMILES string of the molecule is COC1=C(OC)C(OC)(OC(C)=O)C(C)=C(C/C=C(\C)CCCC(C)CCCC(C)CCCC(C)C)C1=O. The monoisotopic (exact) mass is 534 g/mol. The molecule has 6 heteroatoms. The van der Waals surface area contributed by atoms with Crippen molar-refractivity contribution in [2.75, 3.05) is 21.3 Å². The molecule has 0 spiro atoms. The number of ketones is 1. The van der Waals surface area contributed by atoms with Gasteiger partial charge in [-0.1, -0.05) is 84.3 Å². The molecule has 0 aliphatic heterocycles. The van der Waals surface area contributed by atoms with Crippen LogP contribution in [0.4, 0.5) is 0 Å². The second kappa shape index (κ2) is 16.8. The number of allylic oxidation sites excluding steroid dienone is 3. The number of esters is 1. The van der Waals surface area contributed by atoms with Crippen molar-refractivity contribution in [2.45, 2.75) is 118 Å². The van der Waals surface area contributed by atoms with E-state index in [1.54, 1.807) is 6.92 Å². The zero-order valence-electron chi connectivity index (χ0n) is 25.8. The Morgan fingerprint density at radius 2 is 1.42 bits per heavy atom. The number of Topliss-reactive ketones (excluding diaryl/α,β-unsaturated/α-hetero) is 1. The Balaban J connectivity index is 2.70. The number of hydrogen-bond acceptors (Lipinski definition) is 6. The molecule has 0 saturated heterocycles. The molecule has 218 valence electrons. The molecule has 0 saturated carbocycles. The van der Waals surface area contributed by atoms with E-state index in [1.165, 1.54) is 78.8 Å². The van der Waals surface area contributed by atoms with Gasteiger partial charge in [0.25, 0.3) is 5.79 Å². The summed E-state index contributed by atoms with van der Waals surface area (Å²) < 4.78 is 22.0. The quantitative estimate of drug-likeness (QED) is 0.101. The van der Waals surface area contributed by atoms with Crippen LogP contribution in [0.1, 0.15) is 113 Å². The first kappa shape index (κ1) is 33.9. The van der Waals surface area contributed by atoms with Gasteiger partial charge in [0.15, 0.2) is 0 Å². The molecule has 0 N–H and O–H groups in total. The molecule has 3 unspecified atom stereocenters. The summed E-state index contributed by atoms with van der Waals surface area (Å²) in [5.41, 5.74) is 2.22. The largest absolute Gasteiger partial charge is 0.491 e. The molecule has 0 bridgehead atoms. The lowest BCUT2D eigenvalue weighted by molar-refractivity contribution is -0.202. The summed E-state index contributed by atoms with van der Waals surface area (Å²) in [6, 6.07) is 0. The van der Waals surface area contributed by atoms with Crippen LogP contribution < -0.4 is 0 Å². The maximum Gasteiger partial charge on any atom is 0.305 e. The zero-order valence-corrected chi connectivity index (χ0v) is 25.8. The predicted octanol–water partition coefficient (Wildman–Crippen LogP) is 8.07. The van der Waals surface area contributed by atoms with Gasteiger partial charge in [-0.25, -0.2) is 0 Å². The van der Waals surface area contributed by atoms with E-state index in [2.05, 4.69) is 40.7 Å². The number of rotatable bonds is 18. The van der Waals surface area contributed by atoms with Gasteiger partial charge in [0.05, 0.1) is 14.2 Å². The number of methoxy groups -OCH3 is 3. The van der Waals surface area contributed by atoms with Gasteiger partial charge in [-0.3, -0.25) is 9.59 Å². The Kier molecular flexibility index (Phi) is 15.0. The Morgan fingerprint density at radius 3 is 1.89 bits per heavy atom. The molecule has 0 amide bonds. The van der Waals surface area contributed by atoms with Crippen LogP contribution >= 0.6 is 0 Å². The van der Waals surface area contributed by atoms with Gasteiger partial charge in [0.1, 0.15) is 0 Å². The summed E-state index contributed by atoms with van der Waals surface area (Å²) in [6.45, 7) is 14.5. The van der Waals surface area contributed by atoms with Crippen LogP contribution in [0, 0.1) is 17.8 Å². The average molecular weight is 535 g/mol. The minimum Gasteiger partial charge on any atom is -0.491 e. The summed E-state index contributed by atoms with van der Waals surface area (Å²) in [5.74, 6) is -0.0522. The van der Waals surface area contributed by atoms with Gasteiger partial charge in [0.2, 0.25) is 17.3 Å². The molecule has 0 aromatic carbocycles. The topological polar surface area (TPSA) is 71.1 Å². The summed E-state index contributed by atoms with van der Waals surface area (Å²) in [7, 11) is 4.22. The first-order valence-corrected chi connectivity index (χ1v) is 14.4. The van der Waals surface area contributed by atoms with Crippen molar-refractivity contribution in [1.29, 1.82) is 0 Å². The molecule has 0 aromatic rings. The molecule has 0 fully saturated rings. The van der Waals surface area contributed by atoms with Gasteiger partial charge in [-0.2, -0.15) is 0 Å². The van der Waals surface area contributed by atoms with Crippen molar-refractivity contribution < 1.29 is 28.5 Å². The Morgan fingerprint density at radius 1 is 0.868 bits per heavy atom. The van der Waals surface area contributed by atoms with Crippen LogP contribution in [0.3, 0.4) is 0 Å². The van der Waals surface area contributed by atoms with Gasteiger partial charge in [-0.05, 0) is 50.9 Å². The Labute approximate surface area is 232 Å². The minimum absolute atomic E-state index is 0.00896. The summed E-state index contributed by atoms with van der Waals surface area (Å²) >= 11 is 0. The highest BCUT2D eigenvalue weighted by atomic mass is 16.7. The van der Waals surface area contributed by atoms with Crippen LogP contribution in [0.25, 0.3) is 0 Å². The molecule has 6 nitrogen and oxygen atoms in total. The van der Waals surface area contributed by atoms with Gasteiger partial charge >= 0.3 is 5.97 Å². The highest BCUT2D eigenvalue weighted by Gasteiger charge is 2.51. The third-order valence-corrected chi connectivity index (χ3v) is 7.71. The Hall–Kier alpha value is -2.08. The molecule has 0 aromatic heterocycles. The normalized spacial score (nSPS) is 20.2. The zero-order chi connectivity index (χ0) is 28.9. The van der Waals surface area contributed by atoms with Gasteiger partial charge < -0.3 is 18.9 Å². The smallest absolute Gasteiger partial charge is 0.305 e. The van der Waals surface area contributed by atoms with E-state index in [9.17, 15) is 9.59 Å². The molecule has 0 heterocycles. The molecule has 38 heavy (non-hydrogen) atoms. The lowest BCUT2D eigenvalue weighted by Gasteiger charge is -2.37. The van der Waals surface area contributed by atoms with E-state index >= 15 is 0 Å². The van der Waals surface area contributed by atoms with Crippen molar-refractivity contribution in [2.24, 2.45) is 17.8 Å². The average Bonchev–Trinajstić information content (AvgIpc) is 2.84. The molecular formula is C32H54O6. The van der Waals surface area contributed by atoms with E-state index in [-0.39, 0.29) is 17.3 Å². The van der Waals surface area contributed by atoms with Crippen LogP contribution in [0.15, 0.2) is 34.3 Å². The van der Waals surface area contributed by atoms with E-state index in [0.717, 1.165) is 30.6 Å². The second-order valence-corrected chi connectivity index (χ2v) is 11.5. The third-order valence-electron chi connectivity index (χ3n) is 7.71. The highest BCUT2D eigenvalue weighted by Crippen LogP contribution is 2.41. The number of carbonyl (C=O) groups excluding carboxylic acids is 2. The maximum absolute atomic E-state index is 13.2. The molecule has 3 atom stereocenters. The van der Waals surface area contributed by atoms with Crippen LogP contribution in [-0.4, -0.2) is 38.9 Å². The fourth-order valence-corrected chi connectivity index (χ4v) is 5.29. The molecule has 1 rings (SSSR count). The summed E-state index contributed by atoms with van der Waals surface area (Å²) in [5, 5.41) is 0. The first-order chi connectivity index (χ1) is 17.9. The molecular weight excluding hydrogens is 480 g/mol. The maximum atomic E-state index is 13.2. The summed E-state index contributed by atoms with van der Waals surface area (Å²) in [4.78, 5) is 25.2. The lowest BCUT2D eigenvalue weighted by atomic mass is 9.86. The van der Waals surface area contributed by atoms with E-state index < -0.39 is 11.8 Å².